The molecular formula is C28H26N2O3. The van der Waals surface area contributed by atoms with E-state index in [1.165, 1.54) is 0 Å². The van der Waals surface area contributed by atoms with Crippen molar-refractivity contribution >= 4 is 17.5 Å². The van der Waals surface area contributed by atoms with Gasteiger partial charge in [-0.05, 0) is 53.9 Å². The van der Waals surface area contributed by atoms with Gasteiger partial charge in [0.25, 0.3) is 5.91 Å². The van der Waals surface area contributed by atoms with Gasteiger partial charge in [-0.1, -0.05) is 60.7 Å². The van der Waals surface area contributed by atoms with Crippen molar-refractivity contribution in [1.29, 1.82) is 0 Å². The van der Waals surface area contributed by atoms with Crippen molar-refractivity contribution < 1.29 is 14.0 Å². The molecule has 0 aliphatic heterocycles. The number of carbonyl (C=O) groups is 2. The largest absolute Gasteiger partial charge is 0.467 e. The Morgan fingerprint density at radius 1 is 0.818 bits per heavy atom. The smallest absolute Gasteiger partial charge is 0.258 e. The third kappa shape index (κ3) is 5.77. The third-order valence-corrected chi connectivity index (χ3v) is 5.46. The van der Waals surface area contributed by atoms with Gasteiger partial charge in [-0.25, -0.2) is 0 Å². The van der Waals surface area contributed by atoms with Crippen LogP contribution >= 0.6 is 0 Å². The molecule has 4 rings (SSSR count). The summed E-state index contributed by atoms with van der Waals surface area (Å²) in [5.74, 6) is 0.571. The van der Waals surface area contributed by atoms with Gasteiger partial charge in [0.1, 0.15) is 5.76 Å². The number of nitrogens with zero attached hydrogens (tertiary/aromatic N) is 1. The van der Waals surface area contributed by atoms with Crippen LogP contribution in [0.2, 0.25) is 0 Å². The van der Waals surface area contributed by atoms with Gasteiger partial charge in [0.05, 0.1) is 25.8 Å². The fourth-order valence-electron chi connectivity index (χ4n) is 3.65. The van der Waals surface area contributed by atoms with E-state index < -0.39 is 0 Å². The zero-order valence-electron chi connectivity index (χ0n) is 18.5. The number of nitrogens with one attached hydrogen (secondary N) is 1. The first kappa shape index (κ1) is 22.1. The Kier molecular flexibility index (Phi) is 7.00. The van der Waals surface area contributed by atoms with Gasteiger partial charge < -0.3 is 14.6 Å². The second-order valence-corrected chi connectivity index (χ2v) is 7.89. The molecule has 0 radical (unpaired) electrons. The summed E-state index contributed by atoms with van der Waals surface area (Å²) in [6.07, 6.45) is 1.84. The van der Waals surface area contributed by atoms with Crippen molar-refractivity contribution in [3.63, 3.8) is 0 Å². The van der Waals surface area contributed by atoms with Crippen LogP contribution in [0.1, 0.15) is 32.8 Å². The van der Waals surface area contributed by atoms with Crippen LogP contribution in [0.4, 0.5) is 5.69 Å². The monoisotopic (exact) mass is 438 g/mol. The molecule has 1 heterocycles. The first-order chi connectivity index (χ1) is 16.1. The second-order valence-electron chi connectivity index (χ2n) is 7.89. The minimum absolute atomic E-state index is 0.0547. The maximum Gasteiger partial charge on any atom is 0.258 e. The van der Waals surface area contributed by atoms with Crippen LogP contribution in [0, 0.1) is 6.92 Å². The van der Waals surface area contributed by atoms with Crippen molar-refractivity contribution in [3.8, 4) is 0 Å². The van der Waals surface area contributed by atoms with E-state index in [4.69, 9.17) is 4.42 Å². The second kappa shape index (κ2) is 10.5. The minimum atomic E-state index is -0.0868. The van der Waals surface area contributed by atoms with Crippen molar-refractivity contribution in [1.82, 2.24) is 5.32 Å². The molecule has 3 aromatic carbocycles. The standard InChI is InChI=1S/C28H26N2O3/c1-21-8-5-6-12-26(21)28(32)30(20-23-9-3-2-4-10-23)24-15-13-22(14-16-24)18-27(31)29-19-25-11-7-17-33-25/h2-17H,18-20H2,1H3,(H,29,31). The van der Waals surface area contributed by atoms with E-state index in [2.05, 4.69) is 5.32 Å². The summed E-state index contributed by atoms with van der Waals surface area (Å²) in [6, 6.07) is 28.7. The fourth-order valence-corrected chi connectivity index (χ4v) is 3.65. The quantitative estimate of drug-likeness (QED) is 0.406. The molecule has 4 aromatic rings. The molecule has 5 nitrogen and oxygen atoms in total. The van der Waals surface area contributed by atoms with E-state index in [9.17, 15) is 9.59 Å². The topological polar surface area (TPSA) is 62.6 Å². The van der Waals surface area contributed by atoms with Gasteiger partial charge in [-0.2, -0.15) is 0 Å². The average Bonchev–Trinajstić information content (AvgIpc) is 3.36. The summed E-state index contributed by atoms with van der Waals surface area (Å²) in [5, 5.41) is 2.85. The summed E-state index contributed by atoms with van der Waals surface area (Å²) in [4.78, 5) is 27.5. The predicted molar refractivity (Wildman–Crippen MR) is 129 cm³/mol. The summed E-state index contributed by atoms with van der Waals surface area (Å²) >= 11 is 0. The first-order valence-corrected chi connectivity index (χ1v) is 10.9. The Balaban J connectivity index is 1.51. The number of aryl methyl sites for hydroxylation is 1. The normalized spacial score (nSPS) is 10.6. The van der Waals surface area contributed by atoms with Crippen LogP contribution in [0.25, 0.3) is 0 Å². The SMILES string of the molecule is Cc1ccccc1C(=O)N(Cc1ccccc1)c1ccc(CC(=O)NCc2ccco2)cc1. The third-order valence-electron chi connectivity index (χ3n) is 5.46. The van der Waals surface area contributed by atoms with Gasteiger partial charge in [0.2, 0.25) is 5.91 Å². The van der Waals surface area contributed by atoms with Crippen LogP contribution in [0.5, 0.6) is 0 Å². The maximum absolute atomic E-state index is 13.5. The lowest BCUT2D eigenvalue weighted by Crippen LogP contribution is -2.31. The Morgan fingerprint density at radius 3 is 2.24 bits per heavy atom. The zero-order chi connectivity index (χ0) is 23.0. The zero-order valence-corrected chi connectivity index (χ0v) is 18.5. The van der Waals surface area contributed by atoms with Gasteiger partial charge in [0, 0.05) is 11.3 Å². The van der Waals surface area contributed by atoms with Gasteiger partial charge in [-0.15, -0.1) is 0 Å². The molecule has 1 N–H and O–H groups in total. The lowest BCUT2D eigenvalue weighted by atomic mass is 10.1. The van der Waals surface area contributed by atoms with Gasteiger partial charge >= 0.3 is 0 Å². The van der Waals surface area contributed by atoms with Crippen LogP contribution in [0.3, 0.4) is 0 Å². The van der Waals surface area contributed by atoms with Crippen LogP contribution < -0.4 is 10.2 Å². The van der Waals surface area contributed by atoms with E-state index in [1.54, 1.807) is 17.2 Å². The molecule has 33 heavy (non-hydrogen) atoms. The highest BCUT2D eigenvalue weighted by atomic mass is 16.3. The molecule has 2 amide bonds. The lowest BCUT2D eigenvalue weighted by molar-refractivity contribution is -0.120. The number of hydrogen-bond acceptors (Lipinski definition) is 3. The number of benzene rings is 3. The van der Waals surface area contributed by atoms with Crippen molar-refractivity contribution in [2.45, 2.75) is 26.4 Å². The number of carbonyl (C=O) groups excluding carboxylic acids is 2. The van der Waals surface area contributed by atoms with Crippen molar-refractivity contribution in [2.24, 2.45) is 0 Å². The minimum Gasteiger partial charge on any atom is -0.467 e. The molecule has 1 aromatic heterocycles. The van der Waals surface area contributed by atoms with E-state index in [1.807, 2.05) is 91.9 Å². The molecule has 166 valence electrons. The van der Waals surface area contributed by atoms with E-state index in [0.29, 0.717) is 24.4 Å². The van der Waals surface area contributed by atoms with E-state index >= 15 is 0 Å². The molecule has 0 aliphatic rings. The Morgan fingerprint density at radius 2 is 1.55 bits per heavy atom. The van der Waals surface area contributed by atoms with Gasteiger partial charge in [-0.3, -0.25) is 9.59 Å². The van der Waals surface area contributed by atoms with Gasteiger partial charge in [0.15, 0.2) is 0 Å². The van der Waals surface area contributed by atoms with E-state index in [0.717, 1.165) is 22.4 Å². The number of hydrogen-bond donors (Lipinski definition) is 1. The average molecular weight is 439 g/mol. The van der Waals surface area contributed by atoms with Crippen molar-refractivity contribution in [2.75, 3.05) is 4.90 Å². The van der Waals surface area contributed by atoms with Crippen molar-refractivity contribution in [3.05, 3.63) is 125 Å². The van der Waals surface area contributed by atoms with Crippen LogP contribution in [0.15, 0.2) is 102 Å². The fraction of sp³-hybridized carbons (Fsp3) is 0.143. The summed E-state index contributed by atoms with van der Waals surface area (Å²) in [7, 11) is 0. The number of amides is 2. The summed E-state index contributed by atoms with van der Waals surface area (Å²) < 4.78 is 5.24. The molecule has 0 atom stereocenters. The molecule has 0 bridgehead atoms. The first-order valence-electron chi connectivity index (χ1n) is 10.9. The highest BCUT2D eigenvalue weighted by Gasteiger charge is 2.20. The molecule has 0 saturated heterocycles. The van der Waals surface area contributed by atoms with Crippen LogP contribution in [-0.2, 0) is 24.3 Å². The number of rotatable bonds is 8. The Labute approximate surface area is 193 Å². The molecule has 5 heteroatoms. The molecular weight excluding hydrogens is 412 g/mol. The maximum atomic E-state index is 13.5. The predicted octanol–water partition coefficient (Wildman–Crippen LogP) is 5.29. The molecule has 0 unspecified atom stereocenters. The molecule has 0 saturated carbocycles. The highest BCUT2D eigenvalue weighted by Crippen LogP contribution is 2.22. The summed E-state index contributed by atoms with van der Waals surface area (Å²) in [5.41, 5.74) is 4.31. The number of furan rings is 1. The molecule has 0 fully saturated rings. The van der Waals surface area contributed by atoms with Crippen LogP contribution in [-0.4, -0.2) is 11.8 Å². The van der Waals surface area contributed by atoms with E-state index in [-0.39, 0.29) is 18.2 Å². The molecule has 0 spiro atoms. The molecule has 0 aliphatic carbocycles. The number of anilines is 1. The highest BCUT2D eigenvalue weighted by molar-refractivity contribution is 6.07. The summed E-state index contributed by atoms with van der Waals surface area (Å²) in [6.45, 7) is 2.76. The Bertz CT molecular complexity index is 1200. The lowest BCUT2D eigenvalue weighted by Gasteiger charge is -2.24. The Hall–Kier alpha value is -4.12.